The fourth-order valence-electron chi connectivity index (χ4n) is 2.00. The highest BCUT2D eigenvalue weighted by Crippen LogP contribution is 2.25. The predicted molar refractivity (Wildman–Crippen MR) is 81.7 cm³/mol. The summed E-state index contributed by atoms with van der Waals surface area (Å²) in [5, 5.41) is 0. The molecule has 0 unspecified atom stereocenters. The minimum atomic E-state index is -0.590. The highest BCUT2D eigenvalue weighted by atomic mass is 79.9. The van der Waals surface area contributed by atoms with E-state index in [0.717, 1.165) is 4.47 Å². The van der Waals surface area contributed by atoms with E-state index >= 15 is 0 Å². The van der Waals surface area contributed by atoms with Crippen LogP contribution >= 0.6 is 15.9 Å². The van der Waals surface area contributed by atoms with Crippen LogP contribution in [-0.2, 0) is 6.42 Å². The summed E-state index contributed by atoms with van der Waals surface area (Å²) in [5.74, 6) is 0.0735. The topological polar surface area (TPSA) is 35.5 Å². The standard InChI is InChI=1S/C16H14BrFO3/c1-20-12-4-5-13(14(18)9-12)15(19)8-10-7-11(17)3-6-16(10)21-2/h3-7,9H,8H2,1-2H3. The third-order valence-corrected chi connectivity index (χ3v) is 3.56. The van der Waals surface area contributed by atoms with E-state index in [2.05, 4.69) is 15.9 Å². The number of ketones is 1. The first-order chi connectivity index (χ1) is 10.0. The van der Waals surface area contributed by atoms with Crippen molar-refractivity contribution in [2.24, 2.45) is 0 Å². The molecule has 5 heteroatoms. The van der Waals surface area contributed by atoms with Gasteiger partial charge in [-0.1, -0.05) is 15.9 Å². The zero-order valence-electron chi connectivity index (χ0n) is 11.7. The lowest BCUT2D eigenvalue weighted by Crippen LogP contribution is -2.07. The number of Topliss-reactive ketones (excluding diaryl/α,β-unsaturated/α-hetero) is 1. The Morgan fingerprint density at radius 2 is 1.90 bits per heavy atom. The molecule has 0 heterocycles. The van der Waals surface area contributed by atoms with Gasteiger partial charge in [0.1, 0.15) is 17.3 Å². The lowest BCUT2D eigenvalue weighted by atomic mass is 10.0. The van der Waals surface area contributed by atoms with E-state index in [-0.39, 0.29) is 17.8 Å². The average molecular weight is 353 g/mol. The van der Waals surface area contributed by atoms with Gasteiger partial charge in [0.25, 0.3) is 0 Å². The van der Waals surface area contributed by atoms with Crippen LogP contribution in [0.3, 0.4) is 0 Å². The zero-order valence-corrected chi connectivity index (χ0v) is 13.2. The van der Waals surface area contributed by atoms with E-state index in [0.29, 0.717) is 17.1 Å². The number of halogens is 2. The highest BCUT2D eigenvalue weighted by Gasteiger charge is 2.15. The Kier molecular flexibility index (Phi) is 4.96. The maximum absolute atomic E-state index is 13.9. The van der Waals surface area contributed by atoms with Crippen LogP contribution in [0.1, 0.15) is 15.9 Å². The maximum Gasteiger partial charge on any atom is 0.170 e. The Labute approximate surface area is 130 Å². The third kappa shape index (κ3) is 3.61. The fourth-order valence-corrected chi connectivity index (χ4v) is 2.41. The number of ether oxygens (including phenoxy) is 2. The van der Waals surface area contributed by atoms with E-state index in [9.17, 15) is 9.18 Å². The molecule has 0 aliphatic heterocycles. The fraction of sp³-hybridized carbons (Fsp3) is 0.188. The van der Waals surface area contributed by atoms with Crippen LogP contribution in [0.2, 0.25) is 0 Å². The molecule has 2 aromatic carbocycles. The number of carbonyl (C=O) groups is 1. The Balaban J connectivity index is 2.28. The van der Waals surface area contributed by atoms with Crippen LogP contribution in [0.4, 0.5) is 4.39 Å². The maximum atomic E-state index is 13.9. The van der Waals surface area contributed by atoms with Gasteiger partial charge < -0.3 is 9.47 Å². The quantitative estimate of drug-likeness (QED) is 0.762. The summed E-state index contributed by atoms with van der Waals surface area (Å²) < 4.78 is 24.9. The van der Waals surface area contributed by atoms with E-state index < -0.39 is 5.82 Å². The first kappa shape index (κ1) is 15.5. The van der Waals surface area contributed by atoms with Gasteiger partial charge in [-0.05, 0) is 30.3 Å². The van der Waals surface area contributed by atoms with Gasteiger partial charge in [-0.15, -0.1) is 0 Å². The summed E-state index contributed by atoms with van der Waals surface area (Å²) in [6.07, 6.45) is 0.0614. The molecule has 3 nitrogen and oxygen atoms in total. The molecular weight excluding hydrogens is 339 g/mol. The second-order valence-electron chi connectivity index (χ2n) is 4.40. The summed E-state index contributed by atoms with van der Waals surface area (Å²) in [4.78, 5) is 12.3. The number of methoxy groups -OCH3 is 2. The normalized spacial score (nSPS) is 10.3. The molecule has 0 N–H and O–H groups in total. The molecule has 0 aliphatic carbocycles. The largest absolute Gasteiger partial charge is 0.497 e. The molecule has 2 aromatic rings. The van der Waals surface area contributed by atoms with Crippen molar-refractivity contribution in [1.82, 2.24) is 0 Å². The summed E-state index contributed by atoms with van der Waals surface area (Å²) in [6.45, 7) is 0. The van der Waals surface area contributed by atoms with E-state index in [1.165, 1.54) is 26.4 Å². The van der Waals surface area contributed by atoms with Gasteiger partial charge in [0.05, 0.1) is 19.8 Å². The Morgan fingerprint density at radius 3 is 2.52 bits per heavy atom. The number of benzene rings is 2. The van der Waals surface area contributed by atoms with E-state index in [1.807, 2.05) is 6.07 Å². The van der Waals surface area contributed by atoms with Gasteiger partial charge in [-0.25, -0.2) is 4.39 Å². The third-order valence-electron chi connectivity index (χ3n) is 3.07. The molecule has 0 bridgehead atoms. The minimum Gasteiger partial charge on any atom is -0.497 e. The van der Waals surface area contributed by atoms with Crippen molar-refractivity contribution in [3.05, 3.63) is 57.8 Å². The molecule has 0 spiro atoms. The number of hydrogen-bond donors (Lipinski definition) is 0. The Morgan fingerprint density at radius 1 is 1.14 bits per heavy atom. The van der Waals surface area contributed by atoms with E-state index in [1.54, 1.807) is 18.2 Å². The molecule has 0 atom stereocenters. The van der Waals surface area contributed by atoms with Crippen LogP contribution in [0, 0.1) is 5.82 Å². The smallest absolute Gasteiger partial charge is 0.170 e. The van der Waals surface area contributed by atoms with Crippen molar-refractivity contribution in [2.45, 2.75) is 6.42 Å². The molecule has 110 valence electrons. The number of hydrogen-bond acceptors (Lipinski definition) is 3. The second kappa shape index (κ2) is 6.72. The van der Waals surface area contributed by atoms with Crippen LogP contribution in [0.25, 0.3) is 0 Å². The molecule has 0 aromatic heterocycles. The molecule has 21 heavy (non-hydrogen) atoms. The van der Waals surface area contributed by atoms with Crippen molar-refractivity contribution in [3.8, 4) is 11.5 Å². The van der Waals surface area contributed by atoms with Crippen molar-refractivity contribution in [3.63, 3.8) is 0 Å². The van der Waals surface area contributed by atoms with Crippen LogP contribution in [0.15, 0.2) is 40.9 Å². The molecular formula is C16H14BrFO3. The molecule has 0 saturated heterocycles. The van der Waals surface area contributed by atoms with Gasteiger partial charge in [0.15, 0.2) is 5.78 Å². The highest BCUT2D eigenvalue weighted by molar-refractivity contribution is 9.10. The first-order valence-corrected chi connectivity index (χ1v) is 7.03. The van der Waals surface area contributed by atoms with Crippen molar-refractivity contribution < 1.29 is 18.7 Å². The molecule has 2 rings (SSSR count). The van der Waals surface area contributed by atoms with E-state index in [4.69, 9.17) is 9.47 Å². The molecule has 0 fully saturated rings. The van der Waals surface area contributed by atoms with Crippen LogP contribution in [-0.4, -0.2) is 20.0 Å². The van der Waals surface area contributed by atoms with Crippen molar-refractivity contribution in [1.29, 1.82) is 0 Å². The minimum absolute atomic E-state index is 0.0397. The van der Waals surface area contributed by atoms with Gasteiger partial charge in [-0.2, -0.15) is 0 Å². The molecule has 0 amide bonds. The SMILES string of the molecule is COc1ccc(C(=O)Cc2cc(Br)ccc2OC)c(F)c1. The molecule has 0 radical (unpaired) electrons. The lowest BCUT2D eigenvalue weighted by molar-refractivity contribution is 0.0988. The lowest BCUT2D eigenvalue weighted by Gasteiger charge is -2.09. The van der Waals surface area contributed by atoms with Crippen molar-refractivity contribution >= 4 is 21.7 Å². The monoisotopic (exact) mass is 352 g/mol. The summed E-state index contributed by atoms with van der Waals surface area (Å²) in [5.41, 5.74) is 0.741. The summed E-state index contributed by atoms with van der Waals surface area (Å²) in [6, 6.07) is 9.57. The van der Waals surface area contributed by atoms with Crippen molar-refractivity contribution in [2.75, 3.05) is 14.2 Å². The second-order valence-corrected chi connectivity index (χ2v) is 5.32. The Hall–Kier alpha value is -1.88. The van der Waals surface area contributed by atoms with Crippen LogP contribution < -0.4 is 9.47 Å². The van der Waals surface area contributed by atoms with Gasteiger partial charge in [0.2, 0.25) is 0 Å². The Bertz CT molecular complexity index is 671. The van der Waals surface area contributed by atoms with Gasteiger partial charge >= 0.3 is 0 Å². The summed E-state index contributed by atoms with van der Waals surface area (Å²) in [7, 11) is 2.98. The molecule has 0 saturated carbocycles. The molecule has 0 aliphatic rings. The van der Waals surface area contributed by atoms with Crippen LogP contribution in [0.5, 0.6) is 11.5 Å². The first-order valence-electron chi connectivity index (χ1n) is 6.24. The predicted octanol–water partition coefficient (Wildman–Crippen LogP) is 4.03. The number of carbonyl (C=O) groups excluding carboxylic acids is 1. The summed E-state index contributed by atoms with van der Waals surface area (Å²) >= 11 is 3.35. The average Bonchev–Trinajstić information content (AvgIpc) is 2.47. The number of rotatable bonds is 5. The van der Waals surface area contributed by atoms with Gasteiger partial charge in [-0.3, -0.25) is 4.79 Å². The zero-order chi connectivity index (χ0) is 15.4. The van der Waals surface area contributed by atoms with Gasteiger partial charge in [0, 0.05) is 22.5 Å².